The maximum absolute atomic E-state index is 9.55. The van der Waals surface area contributed by atoms with Crippen LogP contribution >= 0.6 is 0 Å². The predicted molar refractivity (Wildman–Crippen MR) is 75.9 cm³/mol. The Bertz CT molecular complexity index is 385. The molecule has 0 bridgehead atoms. The van der Waals surface area contributed by atoms with E-state index in [-0.39, 0.29) is 0 Å². The molecular formula is C16H25NO. The molecule has 0 amide bonds. The minimum Gasteiger partial charge on any atom is -0.508 e. The number of aryl methyl sites for hydroxylation is 1. The van der Waals surface area contributed by atoms with E-state index in [1.165, 1.54) is 36.8 Å². The maximum atomic E-state index is 9.55. The largest absolute Gasteiger partial charge is 0.508 e. The summed E-state index contributed by atoms with van der Waals surface area (Å²) in [7, 11) is 0. The Morgan fingerprint density at radius 1 is 1.33 bits per heavy atom. The van der Waals surface area contributed by atoms with Crippen LogP contribution in [0.5, 0.6) is 5.75 Å². The topological polar surface area (TPSA) is 32.3 Å². The van der Waals surface area contributed by atoms with E-state index < -0.39 is 0 Å². The zero-order chi connectivity index (χ0) is 13.0. The van der Waals surface area contributed by atoms with E-state index in [9.17, 15) is 5.11 Å². The molecule has 1 unspecified atom stereocenters. The average Bonchev–Trinajstić information content (AvgIpc) is 2.39. The summed E-state index contributed by atoms with van der Waals surface area (Å²) in [4.78, 5) is 0. The molecule has 2 heteroatoms. The van der Waals surface area contributed by atoms with Gasteiger partial charge in [0.25, 0.3) is 0 Å². The first-order valence-corrected chi connectivity index (χ1v) is 7.29. The third-order valence-electron chi connectivity index (χ3n) is 4.25. The number of phenols is 1. The standard InChI is InChI=1S/C16H25NO/c1-3-12(4-2)11-17-16-7-5-6-13-10-14(18)8-9-15(13)16/h8-10,12,16-18H,3-7,11H2,1-2H3. The predicted octanol–water partition coefficient (Wildman–Crippen LogP) is 3.80. The van der Waals surface area contributed by atoms with Crippen LogP contribution in [0.3, 0.4) is 0 Å². The van der Waals surface area contributed by atoms with Gasteiger partial charge in [0.05, 0.1) is 0 Å². The molecule has 0 spiro atoms. The highest BCUT2D eigenvalue weighted by Gasteiger charge is 2.20. The van der Waals surface area contributed by atoms with Crippen molar-refractivity contribution in [2.45, 2.75) is 52.0 Å². The van der Waals surface area contributed by atoms with E-state index in [0.717, 1.165) is 18.9 Å². The molecule has 2 rings (SSSR count). The normalized spacial score (nSPS) is 18.9. The van der Waals surface area contributed by atoms with Gasteiger partial charge in [-0.25, -0.2) is 0 Å². The van der Waals surface area contributed by atoms with E-state index in [1.807, 2.05) is 12.1 Å². The van der Waals surface area contributed by atoms with E-state index in [2.05, 4.69) is 25.2 Å². The lowest BCUT2D eigenvalue weighted by Crippen LogP contribution is -2.29. The SMILES string of the molecule is CCC(CC)CNC1CCCc2cc(O)ccc21. The Hall–Kier alpha value is -1.02. The summed E-state index contributed by atoms with van der Waals surface area (Å²) >= 11 is 0. The summed E-state index contributed by atoms with van der Waals surface area (Å²) in [6, 6.07) is 6.32. The van der Waals surface area contributed by atoms with Crippen molar-refractivity contribution in [3.8, 4) is 5.75 Å². The first-order chi connectivity index (χ1) is 8.74. The summed E-state index contributed by atoms with van der Waals surface area (Å²) in [5.74, 6) is 1.18. The van der Waals surface area contributed by atoms with E-state index in [0.29, 0.717) is 11.8 Å². The first-order valence-electron chi connectivity index (χ1n) is 7.29. The Labute approximate surface area is 110 Å². The number of rotatable bonds is 5. The summed E-state index contributed by atoms with van der Waals surface area (Å²) in [5, 5.41) is 13.3. The molecule has 0 fully saturated rings. The Morgan fingerprint density at radius 2 is 2.11 bits per heavy atom. The monoisotopic (exact) mass is 247 g/mol. The lowest BCUT2D eigenvalue weighted by atomic mass is 9.87. The number of hydrogen-bond acceptors (Lipinski definition) is 2. The summed E-state index contributed by atoms with van der Waals surface area (Å²) in [6.07, 6.45) is 6.04. The van der Waals surface area contributed by atoms with Gasteiger partial charge in [0, 0.05) is 6.04 Å². The Morgan fingerprint density at radius 3 is 2.83 bits per heavy atom. The molecule has 2 N–H and O–H groups in total. The van der Waals surface area contributed by atoms with Crippen molar-refractivity contribution < 1.29 is 5.11 Å². The molecule has 1 atom stereocenters. The van der Waals surface area contributed by atoms with Gasteiger partial charge >= 0.3 is 0 Å². The molecule has 0 aliphatic heterocycles. The number of phenolic OH excluding ortho intramolecular Hbond substituents is 1. The van der Waals surface area contributed by atoms with Crippen LogP contribution in [0.2, 0.25) is 0 Å². The van der Waals surface area contributed by atoms with Crippen molar-refractivity contribution >= 4 is 0 Å². The summed E-state index contributed by atoms with van der Waals surface area (Å²) in [5.41, 5.74) is 2.72. The number of benzene rings is 1. The second-order valence-corrected chi connectivity index (χ2v) is 5.42. The molecule has 2 nitrogen and oxygen atoms in total. The number of aromatic hydroxyl groups is 1. The minimum absolute atomic E-state index is 0.398. The van der Waals surface area contributed by atoms with Crippen molar-refractivity contribution in [1.82, 2.24) is 5.32 Å². The highest BCUT2D eigenvalue weighted by atomic mass is 16.3. The lowest BCUT2D eigenvalue weighted by molar-refractivity contribution is 0.385. The van der Waals surface area contributed by atoms with E-state index in [1.54, 1.807) is 0 Å². The van der Waals surface area contributed by atoms with Gasteiger partial charge in [-0.2, -0.15) is 0 Å². The van der Waals surface area contributed by atoms with Crippen LogP contribution in [-0.2, 0) is 6.42 Å². The zero-order valence-corrected chi connectivity index (χ0v) is 11.6. The van der Waals surface area contributed by atoms with Gasteiger partial charge in [-0.1, -0.05) is 32.8 Å². The Kier molecular flexibility index (Phi) is 4.65. The van der Waals surface area contributed by atoms with Crippen LogP contribution in [0, 0.1) is 5.92 Å². The molecule has 0 saturated carbocycles. The average molecular weight is 247 g/mol. The quantitative estimate of drug-likeness (QED) is 0.829. The molecule has 0 radical (unpaired) electrons. The van der Waals surface area contributed by atoms with E-state index >= 15 is 0 Å². The van der Waals surface area contributed by atoms with Crippen LogP contribution in [0.25, 0.3) is 0 Å². The van der Waals surface area contributed by atoms with E-state index in [4.69, 9.17) is 0 Å². The van der Waals surface area contributed by atoms with Gasteiger partial charge in [-0.05, 0) is 55.0 Å². The van der Waals surface area contributed by atoms with Gasteiger partial charge < -0.3 is 10.4 Å². The smallest absolute Gasteiger partial charge is 0.115 e. The van der Waals surface area contributed by atoms with Crippen molar-refractivity contribution in [2.75, 3.05) is 6.54 Å². The number of fused-ring (bicyclic) bond motifs is 1. The van der Waals surface area contributed by atoms with Crippen LogP contribution in [0.1, 0.15) is 56.7 Å². The molecule has 18 heavy (non-hydrogen) atoms. The number of nitrogens with one attached hydrogen (secondary N) is 1. The molecule has 0 aromatic heterocycles. The molecule has 1 aliphatic carbocycles. The Balaban J connectivity index is 2.03. The molecule has 0 saturated heterocycles. The van der Waals surface area contributed by atoms with Gasteiger partial charge in [0.15, 0.2) is 0 Å². The van der Waals surface area contributed by atoms with Crippen molar-refractivity contribution in [3.05, 3.63) is 29.3 Å². The molecule has 1 aromatic rings. The van der Waals surface area contributed by atoms with Gasteiger partial charge in [-0.15, -0.1) is 0 Å². The molecule has 1 aromatic carbocycles. The fourth-order valence-corrected chi connectivity index (χ4v) is 2.90. The third-order valence-corrected chi connectivity index (χ3v) is 4.25. The highest BCUT2D eigenvalue weighted by Crippen LogP contribution is 2.32. The zero-order valence-electron chi connectivity index (χ0n) is 11.6. The van der Waals surface area contributed by atoms with Gasteiger partial charge in [-0.3, -0.25) is 0 Å². The maximum Gasteiger partial charge on any atom is 0.115 e. The number of hydrogen-bond donors (Lipinski definition) is 2. The molecular weight excluding hydrogens is 222 g/mol. The fourth-order valence-electron chi connectivity index (χ4n) is 2.90. The molecule has 100 valence electrons. The highest BCUT2D eigenvalue weighted by molar-refractivity contribution is 5.38. The van der Waals surface area contributed by atoms with Gasteiger partial charge in [0.1, 0.15) is 5.75 Å². The summed E-state index contributed by atoms with van der Waals surface area (Å²) in [6.45, 7) is 5.64. The van der Waals surface area contributed by atoms with Crippen LogP contribution in [0.4, 0.5) is 0 Å². The first kappa shape index (κ1) is 13.4. The van der Waals surface area contributed by atoms with Crippen molar-refractivity contribution in [3.63, 3.8) is 0 Å². The van der Waals surface area contributed by atoms with Crippen molar-refractivity contribution in [1.29, 1.82) is 0 Å². The minimum atomic E-state index is 0.398. The summed E-state index contributed by atoms with van der Waals surface area (Å²) < 4.78 is 0. The second kappa shape index (κ2) is 6.24. The van der Waals surface area contributed by atoms with Crippen LogP contribution in [-0.4, -0.2) is 11.7 Å². The lowest BCUT2D eigenvalue weighted by Gasteiger charge is -2.28. The second-order valence-electron chi connectivity index (χ2n) is 5.42. The fraction of sp³-hybridized carbons (Fsp3) is 0.625. The van der Waals surface area contributed by atoms with Crippen LogP contribution in [0.15, 0.2) is 18.2 Å². The van der Waals surface area contributed by atoms with Crippen LogP contribution < -0.4 is 5.32 Å². The molecule has 1 aliphatic rings. The third kappa shape index (κ3) is 3.05. The van der Waals surface area contributed by atoms with Crippen molar-refractivity contribution in [2.24, 2.45) is 5.92 Å². The van der Waals surface area contributed by atoms with Gasteiger partial charge in [0.2, 0.25) is 0 Å². The molecule has 0 heterocycles.